The van der Waals surface area contributed by atoms with Crippen LogP contribution < -0.4 is 0 Å². The smallest absolute Gasteiger partial charge is 0.435 e. The third-order valence-electron chi connectivity index (χ3n) is 2.73. The van der Waals surface area contributed by atoms with E-state index >= 15 is 0 Å². The lowest BCUT2D eigenvalue weighted by atomic mass is 9.82. The number of nitrogens with zero attached hydrogens (tertiary/aromatic N) is 1. The number of hydrogen-bond acceptors (Lipinski definition) is 4. The van der Waals surface area contributed by atoms with E-state index < -0.39 is 11.8 Å². The van der Waals surface area contributed by atoms with E-state index in [4.69, 9.17) is 14.7 Å². The molecule has 0 unspecified atom stereocenters. The molecule has 4 heteroatoms. The molecule has 0 heterocycles. The van der Waals surface area contributed by atoms with E-state index in [1.807, 2.05) is 0 Å². The molecule has 0 aliphatic heterocycles. The fraction of sp³-hybridized carbons (Fsp3) is 0.818. The minimum Gasteiger partial charge on any atom is -0.435 e. The lowest BCUT2D eigenvalue weighted by Gasteiger charge is -2.34. The Kier molecular flexibility index (Phi) is 4.41. The molecule has 0 bridgehead atoms. The molecule has 0 atom stereocenters. The molecular weight excluding hydrogens is 194 g/mol. The normalized spacial score (nSPS) is 18.9. The fourth-order valence-electron chi connectivity index (χ4n) is 1.98. The maximum atomic E-state index is 11.2. The van der Waals surface area contributed by atoms with Crippen LogP contribution in [0.15, 0.2) is 0 Å². The van der Waals surface area contributed by atoms with Crippen molar-refractivity contribution in [3.8, 4) is 6.07 Å². The SMILES string of the molecule is CCOC(=O)OC1(CC#N)CCCCC1. The van der Waals surface area contributed by atoms with E-state index in [1.165, 1.54) is 0 Å². The van der Waals surface area contributed by atoms with E-state index in [-0.39, 0.29) is 6.42 Å². The Morgan fingerprint density at radius 3 is 2.60 bits per heavy atom. The molecule has 1 saturated carbocycles. The van der Waals surface area contributed by atoms with E-state index in [2.05, 4.69) is 6.07 Å². The average molecular weight is 211 g/mol. The van der Waals surface area contributed by atoms with Crippen LogP contribution in [0.3, 0.4) is 0 Å². The van der Waals surface area contributed by atoms with E-state index in [0.717, 1.165) is 32.1 Å². The van der Waals surface area contributed by atoms with Gasteiger partial charge in [-0.2, -0.15) is 5.26 Å². The first-order valence-electron chi connectivity index (χ1n) is 5.45. The molecule has 84 valence electrons. The fourth-order valence-corrected chi connectivity index (χ4v) is 1.98. The van der Waals surface area contributed by atoms with Crippen molar-refractivity contribution in [3.63, 3.8) is 0 Å². The first-order valence-corrected chi connectivity index (χ1v) is 5.45. The molecule has 0 radical (unpaired) electrons. The van der Waals surface area contributed by atoms with Crippen LogP contribution in [-0.4, -0.2) is 18.4 Å². The molecule has 1 rings (SSSR count). The maximum Gasteiger partial charge on any atom is 0.508 e. The van der Waals surface area contributed by atoms with Crippen LogP contribution in [0.2, 0.25) is 0 Å². The maximum absolute atomic E-state index is 11.2. The Bertz CT molecular complexity index is 251. The summed E-state index contributed by atoms with van der Waals surface area (Å²) in [6.45, 7) is 2.04. The second-order valence-corrected chi connectivity index (χ2v) is 3.86. The summed E-state index contributed by atoms with van der Waals surface area (Å²) in [7, 11) is 0. The highest BCUT2D eigenvalue weighted by Crippen LogP contribution is 2.34. The Labute approximate surface area is 90.2 Å². The second-order valence-electron chi connectivity index (χ2n) is 3.86. The van der Waals surface area contributed by atoms with Gasteiger partial charge in [-0.25, -0.2) is 4.79 Å². The summed E-state index contributed by atoms with van der Waals surface area (Å²) in [6, 6.07) is 2.09. The highest BCUT2D eigenvalue weighted by molar-refractivity contribution is 5.60. The van der Waals surface area contributed by atoms with Gasteiger partial charge in [-0.1, -0.05) is 6.42 Å². The van der Waals surface area contributed by atoms with Gasteiger partial charge in [0.05, 0.1) is 19.1 Å². The average Bonchev–Trinajstić information content (AvgIpc) is 2.19. The van der Waals surface area contributed by atoms with Gasteiger partial charge in [-0.3, -0.25) is 0 Å². The summed E-state index contributed by atoms with van der Waals surface area (Å²) in [5.74, 6) is 0. The zero-order chi connectivity index (χ0) is 11.1. The van der Waals surface area contributed by atoms with Crippen LogP contribution in [0.4, 0.5) is 4.79 Å². The van der Waals surface area contributed by atoms with Gasteiger partial charge in [0.1, 0.15) is 5.60 Å². The van der Waals surface area contributed by atoms with Crippen molar-refractivity contribution in [2.45, 2.75) is 51.0 Å². The lowest BCUT2D eigenvalue weighted by molar-refractivity contribution is -0.0509. The number of nitriles is 1. The molecule has 15 heavy (non-hydrogen) atoms. The van der Waals surface area contributed by atoms with Crippen LogP contribution in [0.1, 0.15) is 45.4 Å². The third-order valence-corrected chi connectivity index (χ3v) is 2.73. The molecule has 0 amide bonds. The molecule has 0 saturated heterocycles. The van der Waals surface area contributed by atoms with Crippen molar-refractivity contribution in [1.29, 1.82) is 5.26 Å². The topological polar surface area (TPSA) is 59.3 Å². The largest absolute Gasteiger partial charge is 0.508 e. The van der Waals surface area contributed by atoms with E-state index in [1.54, 1.807) is 6.92 Å². The van der Waals surface area contributed by atoms with E-state index in [0.29, 0.717) is 6.61 Å². The minimum atomic E-state index is -0.644. The van der Waals surface area contributed by atoms with Crippen molar-refractivity contribution >= 4 is 6.16 Å². The van der Waals surface area contributed by atoms with Crippen molar-refractivity contribution in [2.24, 2.45) is 0 Å². The summed E-state index contributed by atoms with van der Waals surface area (Å²) < 4.78 is 10.0. The lowest BCUT2D eigenvalue weighted by Crippen LogP contribution is -2.37. The zero-order valence-electron chi connectivity index (χ0n) is 9.12. The van der Waals surface area contributed by atoms with Crippen LogP contribution in [0.5, 0.6) is 0 Å². The van der Waals surface area contributed by atoms with Gasteiger partial charge >= 0.3 is 6.16 Å². The number of rotatable bonds is 3. The molecule has 1 fully saturated rings. The molecule has 1 aliphatic rings. The number of carbonyl (C=O) groups is 1. The van der Waals surface area contributed by atoms with Crippen molar-refractivity contribution in [3.05, 3.63) is 0 Å². The molecule has 0 aromatic carbocycles. The Morgan fingerprint density at radius 1 is 1.40 bits per heavy atom. The van der Waals surface area contributed by atoms with Crippen molar-refractivity contribution in [1.82, 2.24) is 0 Å². The van der Waals surface area contributed by atoms with Gasteiger partial charge in [0.2, 0.25) is 0 Å². The molecule has 0 aromatic rings. The minimum absolute atomic E-state index is 0.270. The number of ether oxygens (including phenoxy) is 2. The van der Waals surface area contributed by atoms with Gasteiger partial charge in [0.25, 0.3) is 0 Å². The van der Waals surface area contributed by atoms with Gasteiger partial charge in [0.15, 0.2) is 0 Å². The molecule has 0 aromatic heterocycles. The van der Waals surface area contributed by atoms with Crippen LogP contribution in [0, 0.1) is 11.3 Å². The molecule has 0 N–H and O–H groups in total. The quantitative estimate of drug-likeness (QED) is 0.673. The highest BCUT2D eigenvalue weighted by atomic mass is 16.7. The summed E-state index contributed by atoms with van der Waals surface area (Å²) in [4.78, 5) is 11.2. The summed E-state index contributed by atoms with van der Waals surface area (Å²) in [6.07, 6.45) is 4.36. The van der Waals surface area contributed by atoms with Crippen molar-refractivity contribution in [2.75, 3.05) is 6.61 Å². The standard InChI is InChI=1S/C11H17NO3/c1-2-14-10(13)15-11(8-9-12)6-4-3-5-7-11/h2-8H2,1H3. The molecule has 1 aliphatic carbocycles. The van der Waals surface area contributed by atoms with E-state index in [9.17, 15) is 4.79 Å². The Balaban J connectivity index is 2.56. The molecule has 0 spiro atoms. The van der Waals surface area contributed by atoms with Gasteiger partial charge in [-0.05, 0) is 32.6 Å². The predicted molar refractivity (Wildman–Crippen MR) is 54.2 cm³/mol. The monoisotopic (exact) mass is 211 g/mol. The molecular formula is C11H17NO3. The predicted octanol–water partition coefficient (Wildman–Crippen LogP) is 2.78. The number of carbonyl (C=O) groups excluding carboxylic acids is 1. The van der Waals surface area contributed by atoms with Crippen LogP contribution in [-0.2, 0) is 9.47 Å². The summed E-state index contributed by atoms with van der Waals surface area (Å²) >= 11 is 0. The van der Waals surface area contributed by atoms with Gasteiger partial charge in [0, 0.05) is 0 Å². The highest BCUT2D eigenvalue weighted by Gasteiger charge is 2.36. The Morgan fingerprint density at radius 2 is 2.07 bits per heavy atom. The third kappa shape index (κ3) is 3.43. The first-order chi connectivity index (χ1) is 7.22. The summed E-state index contributed by atoms with van der Waals surface area (Å²) in [5, 5.41) is 8.74. The second kappa shape index (κ2) is 5.59. The van der Waals surface area contributed by atoms with Crippen LogP contribution >= 0.6 is 0 Å². The number of hydrogen-bond donors (Lipinski definition) is 0. The first kappa shape index (κ1) is 11.8. The molecule has 4 nitrogen and oxygen atoms in total. The zero-order valence-corrected chi connectivity index (χ0v) is 9.12. The Hall–Kier alpha value is -1.24. The van der Waals surface area contributed by atoms with Crippen molar-refractivity contribution < 1.29 is 14.3 Å². The van der Waals surface area contributed by atoms with Gasteiger partial charge in [-0.15, -0.1) is 0 Å². The van der Waals surface area contributed by atoms with Gasteiger partial charge < -0.3 is 9.47 Å². The summed E-state index contributed by atoms with van der Waals surface area (Å²) in [5.41, 5.74) is -0.584. The van der Waals surface area contributed by atoms with Crippen LogP contribution in [0.25, 0.3) is 0 Å².